The molecule has 0 aliphatic rings. The highest BCUT2D eigenvalue weighted by molar-refractivity contribution is 6.07. The quantitative estimate of drug-likeness (QED) is 0.510. The Labute approximate surface area is 115 Å². The Morgan fingerprint density at radius 2 is 1.75 bits per heavy atom. The van der Waals surface area contributed by atoms with E-state index < -0.39 is 0 Å². The number of benzene rings is 1. The third-order valence-corrected chi connectivity index (χ3v) is 3.44. The van der Waals surface area contributed by atoms with Crippen molar-refractivity contribution in [1.29, 1.82) is 0 Å². The molecule has 3 nitrogen and oxygen atoms in total. The Morgan fingerprint density at radius 3 is 2.60 bits per heavy atom. The predicted octanol–water partition coefficient (Wildman–Crippen LogP) is 4.35. The van der Waals surface area contributed by atoms with Crippen LogP contribution < -0.4 is 0 Å². The number of hydrogen-bond donors (Lipinski definition) is 0. The van der Waals surface area contributed by atoms with Crippen molar-refractivity contribution in [1.82, 2.24) is 9.97 Å². The van der Waals surface area contributed by atoms with Crippen LogP contribution in [0.4, 0.5) is 0 Å². The van der Waals surface area contributed by atoms with Crippen molar-refractivity contribution in [3.05, 3.63) is 60.4 Å². The number of rotatable bonds is 1. The van der Waals surface area contributed by atoms with Gasteiger partial charge in [0.05, 0.1) is 0 Å². The zero-order valence-electron chi connectivity index (χ0n) is 11.0. The number of hydrogen-bond acceptors (Lipinski definition) is 3. The van der Waals surface area contributed by atoms with Gasteiger partial charge in [0.2, 0.25) is 5.71 Å². The van der Waals surface area contributed by atoms with Crippen molar-refractivity contribution in [3.63, 3.8) is 0 Å². The lowest BCUT2D eigenvalue weighted by atomic mass is 10.1. The van der Waals surface area contributed by atoms with Gasteiger partial charge >= 0.3 is 0 Å². The fourth-order valence-corrected chi connectivity index (χ4v) is 2.48. The second-order valence-electron chi connectivity index (χ2n) is 4.81. The van der Waals surface area contributed by atoms with Gasteiger partial charge in [-0.05, 0) is 25.1 Å². The maximum absolute atomic E-state index is 5.95. The Balaban J connectivity index is 2.11. The fourth-order valence-electron chi connectivity index (χ4n) is 2.48. The van der Waals surface area contributed by atoms with E-state index >= 15 is 0 Å². The molecule has 4 rings (SSSR count). The van der Waals surface area contributed by atoms with Crippen LogP contribution in [0.5, 0.6) is 0 Å². The lowest BCUT2D eigenvalue weighted by Gasteiger charge is -2.00. The largest absolute Gasteiger partial charge is 0.435 e. The molecule has 0 aliphatic heterocycles. The monoisotopic (exact) mass is 260 g/mol. The van der Waals surface area contributed by atoms with Gasteiger partial charge in [0.1, 0.15) is 5.69 Å². The molecule has 0 radical (unpaired) electrons. The van der Waals surface area contributed by atoms with Crippen molar-refractivity contribution in [2.75, 3.05) is 0 Å². The molecule has 0 amide bonds. The van der Waals surface area contributed by atoms with Crippen molar-refractivity contribution in [2.24, 2.45) is 0 Å². The molecule has 0 spiro atoms. The summed E-state index contributed by atoms with van der Waals surface area (Å²) in [5, 5.41) is 2.09. The van der Waals surface area contributed by atoms with Crippen LogP contribution >= 0.6 is 0 Å². The molecule has 0 N–H and O–H groups in total. The molecule has 0 saturated heterocycles. The predicted molar refractivity (Wildman–Crippen MR) is 79.5 cm³/mol. The molecule has 0 saturated carbocycles. The summed E-state index contributed by atoms with van der Waals surface area (Å²) in [6, 6.07) is 16.1. The maximum Gasteiger partial charge on any atom is 0.227 e. The first-order valence-electron chi connectivity index (χ1n) is 6.53. The van der Waals surface area contributed by atoms with Gasteiger partial charge < -0.3 is 4.42 Å². The molecule has 3 aromatic heterocycles. The molecule has 0 atom stereocenters. The van der Waals surface area contributed by atoms with E-state index in [1.165, 1.54) is 0 Å². The summed E-state index contributed by atoms with van der Waals surface area (Å²) < 4.78 is 5.95. The summed E-state index contributed by atoms with van der Waals surface area (Å²) in [6.07, 6.45) is 1.82. The van der Waals surface area contributed by atoms with E-state index in [1.807, 2.05) is 55.6 Å². The SMILES string of the molecule is Cc1ccc2c(n1)oc1c(-c3ccccc3)nccc12. The molecule has 0 fully saturated rings. The van der Waals surface area contributed by atoms with Crippen molar-refractivity contribution in [2.45, 2.75) is 6.92 Å². The van der Waals surface area contributed by atoms with Crippen LogP contribution in [0.15, 0.2) is 59.1 Å². The lowest BCUT2D eigenvalue weighted by molar-refractivity contribution is 0.652. The van der Waals surface area contributed by atoms with Crippen molar-refractivity contribution in [3.8, 4) is 11.3 Å². The van der Waals surface area contributed by atoms with Gasteiger partial charge in [0.15, 0.2) is 5.58 Å². The zero-order valence-corrected chi connectivity index (χ0v) is 11.0. The molecule has 20 heavy (non-hydrogen) atoms. The van der Waals surface area contributed by atoms with Gasteiger partial charge in [-0.15, -0.1) is 0 Å². The first-order valence-corrected chi connectivity index (χ1v) is 6.53. The van der Waals surface area contributed by atoms with Crippen LogP contribution in [0.25, 0.3) is 33.3 Å². The molecule has 4 aromatic rings. The number of furan rings is 1. The number of aryl methyl sites for hydroxylation is 1. The third kappa shape index (κ3) is 1.60. The molecule has 0 bridgehead atoms. The van der Waals surface area contributed by atoms with E-state index in [0.717, 1.165) is 33.3 Å². The second-order valence-corrected chi connectivity index (χ2v) is 4.81. The van der Waals surface area contributed by atoms with E-state index in [9.17, 15) is 0 Å². The molecule has 0 aliphatic carbocycles. The van der Waals surface area contributed by atoms with Gasteiger partial charge in [-0.25, -0.2) is 4.98 Å². The third-order valence-electron chi connectivity index (χ3n) is 3.44. The highest BCUT2D eigenvalue weighted by Crippen LogP contribution is 2.33. The number of aromatic nitrogens is 2. The molecular formula is C17H12N2O. The Bertz CT molecular complexity index is 910. The summed E-state index contributed by atoms with van der Waals surface area (Å²) in [6.45, 7) is 1.96. The van der Waals surface area contributed by atoms with E-state index in [2.05, 4.69) is 16.0 Å². The number of nitrogens with zero attached hydrogens (tertiary/aromatic N) is 2. The van der Waals surface area contributed by atoms with E-state index in [4.69, 9.17) is 4.42 Å². The van der Waals surface area contributed by atoms with Crippen LogP contribution in [-0.2, 0) is 0 Å². The number of fused-ring (bicyclic) bond motifs is 3. The van der Waals surface area contributed by atoms with Crippen LogP contribution in [0, 0.1) is 6.92 Å². The summed E-state index contributed by atoms with van der Waals surface area (Å²) in [5.74, 6) is 0. The molecular weight excluding hydrogens is 248 g/mol. The van der Waals surface area contributed by atoms with Gasteiger partial charge in [-0.3, -0.25) is 4.98 Å². The van der Waals surface area contributed by atoms with Gasteiger partial charge in [-0.2, -0.15) is 0 Å². The normalized spacial score (nSPS) is 11.2. The topological polar surface area (TPSA) is 38.9 Å². The summed E-state index contributed by atoms with van der Waals surface area (Å²) in [7, 11) is 0. The van der Waals surface area contributed by atoms with Crippen LogP contribution in [0.2, 0.25) is 0 Å². The van der Waals surface area contributed by atoms with Crippen molar-refractivity contribution < 1.29 is 4.42 Å². The minimum Gasteiger partial charge on any atom is -0.435 e. The summed E-state index contributed by atoms with van der Waals surface area (Å²) >= 11 is 0. The van der Waals surface area contributed by atoms with Gasteiger partial charge in [0.25, 0.3) is 0 Å². The fraction of sp³-hybridized carbons (Fsp3) is 0.0588. The van der Waals surface area contributed by atoms with Gasteiger partial charge in [0, 0.05) is 28.2 Å². The van der Waals surface area contributed by atoms with Crippen LogP contribution in [0.1, 0.15) is 5.69 Å². The minimum atomic E-state index is 0.671. The number of pyridine rings is 2. The van der Waals surface area contributed by atoms with E-state index in [0.29, 0.717) is 5.71 Å². The van der Waals surface area contributed by atoms with Crippen LogP contribution in [0.3, 0.4) is 0 Å². The maximum atomic E-state index is 5.95. The van der Waals surface area contributed by atoms with Gasteiger partial charge in [-0.1, -0.05) is 30.3 Å². The van der Waals surface area contributed by atoms with Crippen molar-refractivity contribution >= 4 is 22.1 Å². The summed E-state index contributed by atoms with van der Waals surface area (Å²) in [4.78, 5) is 8.93. The average molecular weight is 260 g/mol. The van der Waals surface area contributed by atoms with E-state index in [-0.39, 0.29) is 0 Å². The molecule has 3 heteroatoms. The standard InChI is InChI=1S/C17H12N2O/c1-11-7-8-14-13-9-10-18-15(12-5-3-2-4-6-12)16(13)20-17(14)19-11/h2-10H,1H3. The first kappa shape index (κ1) is 11.2. The molecule has 1 aromatic carbocycles. The molecule has 3 heterocycles. The lowest BCUT2D eigenvalue weighted by Crippen LogP contribution is -1.82. The zero-order chi connectivity index (χ0) is 13.5. The van der Waals surface area contributed by atoms with E-state index in [1.54, 1.807) is 0 Å². The summed E-state index contributed by atoms with van der Waals surface area (Å²) in [5.41, 5.74) is 4.33. The van der Waals surface area contributed by atoms with Crippen LogP contribution in [-0.4, -0.2) is 9.97 Å². The second kappa shape index (κ2) is 4.17. The smallest absolute Gasteiger partial charge is 0.227 e. The first-order chi connectivity index (χ1) is 9.83. The Hall–Kier alpha value is -2.68. The minimum absolute atomic E-state index is 0.671. The average Bonchev–Trinajstić information content (AvgIpc) is 2.85. The Kier molecular flexibility index (Phi) is 2.33. The highest BCUT2D eigenvalue weighted by Gasteiger charge is 2.13. The molecule has 96 valence electrons. The Morgan fingerprint density at radius 1 is 0.900 bits per heavy atom. The highest BCUT2D eigenvalue weighted by atomic mass is 16.3. The molecule has 0 unspecified atom stereocenters.